The van der Waals surface area contributed by atoms with Gasteiger partial charge in [0.1, 0.15) is 0 Å². The van der Waals surface area contributed by atoms with E-state index in [0.29, 0.717) is 11.3 Å². The SMILES string of the molecule is CCC(C(=O)O)(C(=O)/C=C/c1ccccc1)c1ccc(N)cc1. The van der Waals surface area contributed by atoms with Gasteiger partial charge in [-0.1, -0.05) is 55.5 Å². The van der Waals surface area contributed by atoms with E-state index in [1.807, 2.05) is 30.3 Å². The van der Waals surface area contributed by atoms with Gasteiger partial charge in [0.05, 0.1) is 0 Å². The maximum Gasteiger partial charge on any atom is 0.322 e. The summed E-state index contributed by atoms with van der Waals surface area (Å²) >= 11 is 0. The van der Waals surface area contributed by atoms with Crippen LogP contribution in [0.15, 0.2) is 60.7 Å². The van der Waals surface area contributed by atoms with Gasteiger partial charge in [0.25, 0.3) is 0 Å². The average Bonchev–Trinajstić information content (AvgIpc) is 2.56. The van der Waals surface area contributed by atoms with Gasteiger partial charge in [-0.2, -0.15) is 0 Å². The molecule has 0 aliphatic carbocycles. The Bertz CT molecular complexity index is 720. The number of anilines is 1. The first-order valence-electron chi connectivity index (χ1n) is 7.37. The van der Waals surface area contributed by atoms with Crippen LogP contribution in [-0.4, -0.2) is 16.9 Å². The molecule has 0 saturated heterocycles. The van der Waals surface area contributed by atoms with Crippen molar-refractivity contribution >= 4 is 23.5 Å². The normalized spacial score (nSPS) is 13.6. The van der Waals surface area contributed by atoms with E-state index < -0.39 is 17.2 Å². The van der Waals surface area contributed by atoms with Crippen LogP contribution in [0.1, 0.15) is 24.5 Å². The van der Waals surface area contributed by atoms with E-state index in [0.717, 1.165) is 5.56 Å². The number of nitrogens with two attached hydrogens (primary N) is 1. The quantitative estimate of drug-likeness (QED) is 0.487. The fraction of sp³-hybridized carbons (Fsp3) is 0.158. The summed E-state index contributed by atoms with van der Waals surface area (Å²) in [6, 6.07) is 15.7. The van der Waals surface area contributed by atoms with Gasteiger partial charge in [-0.3, -0.25) is 9.59 Å². The molecule has 4 nitrogen and oxygen atoms in total. The van der Waals surface area contributed by atoms with Gasteiger partial charge in [-0.15, -0.1) is 0 Å². The lowest BCUT2D eigenvalue weighted by molar-refractivity contribution is -0.147. The van der Waals surface area contributed by atoms with Gasteiger partial charge < -0.3 is 10.8 Å². The summed E-state index contributed by atoms with van der Waals surface area (Å²) in [7, 11) is 0. The number of carboxylic acids is 1. The zero-order valence-electron chi connectivity index (χ0n) is 12.9. The number of ketones is 1. The third kappa shape index (κ3) is 3.31. The number of aliphatic carboxylic acids is 1. The van der Waals surface area contributed by atoms with E-state index in [1.165, 1.54) is 6.08 Å². The van der Waals surface area contributed by atoms with Gasteiger partial charge in [0, 0.05) is 5.69 Å². The van der Waals surface area contributed by atoms with Gasteiger partial charge in [0.15, 0.2) is 11.2 Å². The van der Waals surface area contributed by atoms with Crippen LogP contribution >= 0.6 is 0 Å². The number of carbonyl (C=O) groups is 2. The Balaban J connectivity index is 2.42. The number of hydrogen-bond donors (Lipinski definition) is 2. The minimum Gasteiger partial charge on any atom is -0.480 e. The van der Waals surface area contributed by atoms with E-state index in [1.54, 1.807) is 37.3 Å². The molecule has 2 aromatic rings. The molecule has 0 spiro atoms. The molecule has 3 N–H and O–H groups in total. The smallest absolute Gasteiger partial charge is 0.322 e. The van der Waals surface area contributed by atoms with Crippen molar-refractivity contribution in [3.8, 4) is 0 Å². The molecular weight excluding hydrogens is 290 g/mol. The Morgan fingerprint density at radius 3 is 2.22 bits per heavy atom. The molecule has 0 aliphatic rings. The largest absolute Gasteiger partial charge is 0.480 e. The van der Waals surface area contributed by atoms with Crippen LogP contribution in [0.2, 0.25) is 0 Å². The molecule has 1 atom stereocenters. The maximum absolute atomic E-state index is 12.7. The van der Waals surface area contributed by atoms with Crippen molar-refractivity contribution in [2.24, 2.45) is 0 Å². The van der Waals surface area contributed by atoms with Gasteiger partial charge in [-0.05, 0) is 35.8 Å². The van der Waals surface area contributed by atoms with E-state index in [2.05, 4.69) is 0 Å². The van der Waals surface area contributed by atoms with Crippen molar-refractivity contribution in [3.63, 3.8) is 0 Å². The first-order valence-corrected chi connectivity index (χ1v) is 7.37. The molecule has 0 aromatic heterocycles. The molecule has 0 bridgehead atoms. The molecule has 1 unspecified atom stereocenters. The Morgan fingerprint density at radius 2 is 1.70 bits per heavy atom. The summed E-state index contributed by atoms with van der Waals surface area (Å²) in [4.78, 5) is 24.6. The summed E-state index contributed by atoms with van der Waals surface area (Å²) in [5.41, 5.74) is 5.85. The van der Waals surface area contributed by atoms with E-state index >= 15 is 0 Å². The second-order valence-electron chi connectivity index (χ2n) is 5.29. The number of rotatable bonds is 6. The van der Waals surface area contributed by atoms with E-state index in [9.17, 15) is 14.7 Å². The number of nitrogen functional groups attached to an aromatic ring is 1. The molecule has 2 aromatic carbocycles. The minimum atomic E-state index is -1.60. The van der Waals surface area contributed by atoms with Crippen molar-refractivity contribution in [3.05, 3.63) is 71.8 Å². The molecule has 2 rings (SSSR count). The van der Waals surface area contributed by atoms with Crippen LogP contribution in [0, 0.1) is 0 Å². The molecule has 0 heterocycles. The fourth-order valence-electron chi connectivity index (χ4n) is 2.55. The molecule has 4 heteroatoms. The average molecular weight is 309 g/mol. The van der Waals surface area contributed by atoms with Crippen molar-refractivity contribution in [2.75, 3.05) is 5.73 Å². The Morgan fingerprint density at radius 1 is 1.09 bits per heavy atom. The number of allylic oxidation sites excluding steroid dienone is 1. The van der Waals surface area contributed by atoms with Crippen LogP contribution in [0.25, 0.3) is 6.08 Å². The summed E-state index contributed by atoms with van der Waals surface area (Å²) in [5, 5.41) is 9.73. The highest BCUT2D eigenvalue weighted by molar-refractivity contribution is 6.15. The lowest BCUT2D eigenvalue weighted by Crippen LogP contribution is -2.42. The fourth-order valence-corrected chi connectivity index (χ4v) is 2.55. The lowest BCUT2D eigenvalue weighted by atomic mass is 9.74. The van der Waals surface area contributed by atoms with E-state index in [-0.39, 0.29) is 6.42 Å². The number of hydrogen-bond acceptors (Lipinski definition) is 3. The molecule has 23 heavy (non-hydrogen) atoms. The molecule has 0 amide bonds. The van der Waals surface area contributed by atoms with Crippen LogP contribution in [0.3, 0.4) is 0 Å². The summed E-state index contributed by atoms with van der Waals surface area (Å²) < 4.78 is 0. The van der Waals surface area contributed by atoms with Crippen molar-refractivity contribution in [1.29, 1.82) is 0 Å². The maximum atomic E-state index is 12.7. The molecule has 0 fully saturated rings. The van der Waals surface area contributed by atoms with Crippen LogP contribution in [-0.2, 0) is 15.0 Å². The summed E-state index contributed by atoms with van der Waals surface area (Å²) in [6.07, 6.45) is 3.13. The van der Waals surface area contributed by atoms with Gasteiger partial charge >= 0.3 is 5.97 Å². The van der Waals surface area contributed by atoms with Crippen molar-refractivity contribution in [1.82, 2.24) is 0 Å². The van der Waals surface area contributed by atoms with Crippen LogP contribution < -0.4 is 5.73 Å². The Kier molecular flexibility index (Phi) is 4.96. The monoisotopic (exact) mass is 309 g/mol. The molecule has 0 aliphatic heterocycles. The summed E-state index contributed by atoms with van der Waals surface area (Å²) in [5.74, 6) is -1.62. The standard InChI is InChI=1S/C19H19NO3/c1-2-19(18(22)23,15-9-11-16(20)12-10-15)17(21)13-8-14-6-4-3-5-7-14/h3-13H,2,20H2,1H3,(H,22,23)/b13-8+. The van der Waals surface area contributed by atoms with Gasteiger partial charge in [-0.25, -0.2) is 0 Å². The predicted octanol–water partition coefficient (Wildman–Crippen LogP) is 3.28. The first kappa shape index (κ1) is 16.5. The predicted molar refractivity (Wildman–Crippen MR) is 90.9 cm³/mol. The highest BCUT2D eigenvalue weighted by Crippen LogP contribution is 2.31. The van der Waals surface area contributed by atoms with Gasteiger partial charge in [0.2, 0.25) is 0 Å². The highest BCUT2D eigenvalue weighted by atomic mass is 16.4. The Hall–Kier alpha value is -2.88. The number of benzene rings is 2. The second kappa shape index (κ2) is 6.92. The van der Waals surface area contributed by atoms with Crippen molar-refractivity contribution in [2.45, 2.75) is 18.8 Å². The minimum absolute atomic E-state index is 0.157. The highest BCUT2D eigenvalue weighted by Gasteiger charge is 2.44. The van der Waals surface area contributed by atoms with Crippen LogP contribution in [0.5, 0.6) is 0 Å². The van der Waals surface area contributed by atoms with E-state index in [4.69, 9.17) is 5.73 Å². The Labute approximate surface area is 135 Å². The second-order valence-corrected chi connectivity index (χ2v) is 5.29. The number of carbonyl (C=O) groups excluding carboxylic acids is 1. The lowest BCUT2D eigenvalue weighted by Gasteiger charge is -2.26. The third-order valence-electron chi connectivity index (χ3n) is 3.95. The number of carboxylic acid groups (broad SMARTS) is 1. The zero-order chi connectivity index (χ0) is 16.9. The molecule has 0 radical (unpaired) electrons. The van der Waals surface area contributed by atoms with Crippen molar-refractivity contribution < 1.29 is 14.7 Å². The molecule has 0 saturated carbocycles. The topological polar surface area (TPSA) is 80.4 Å². The third-order valence-corrected chi connectivity index (χ3v) is 3.95. The first-order chi connectivity index (χ1) is 11.0. The molecular formula is C19H19NO3. The molecule has 118 valence electrons. The zero-order valence-corrected chi connectivity index (χ0v) is 12.9. The van der Waals surface area contributed by atoms with Crippen LogP contribution in [0.4, 0.5) is 5.69 Å². The summed E-state index contributed by atoms with van der Waals surface area (Å²) in [6.45, 7) is 1.69.